The fourth-order valence-corrected chi connectivity index (χ4v) is 1.61. The van der Waals surface area contributed by atoms with Gasteiger partial charge in [-0.1, -0.05) is 0 Å². The highest BCUT2D eigenvalue weighted by Gasteiger charge is 2.12. The first kappa shape index (κ1) is 9.33. The molecule has 0 fully saturated rings. The fourth-order valence-electron chi connectivity index (χ4n) is 1.21. The first-order valence-corrected chi connectivity index (χ1v) is 4.95. The molecule has 14 heavy (non-hydrogen) atoms. The van der Waals surface area contributed by atoms with Crippen molar-refractivity contribution < 1.29 is 13.9 Å². The molecule has 2 aromatic heterocycles. The van der Waals surface area contributed by atoms with Crippen LogP contribution in [0.3, 0.4) is 0 Å². The second-order valence-corrected chi connectivity index (χ2v) is 3.51. The Morgan fingerprint density at radius 1 is 1.64 bits per heavy atom. The maximum absolute atomic E-state index is 11.3. The van der Waals surface area contributed by atoms with Crippen LogP contribution in [0.1, 0.15) is 17.4 Å². The average molecular weight is 258 g/mol. The van der Waals surface area contributed by atoms with Gasteiger partial charge in [-0.2, -0.15) is 0 Å². The van der Waals surface area contributed by atoms with Gasteiger partial charge < -0.3 is 14.1 Å². The van der Waals surface area contributed by atoms with Crippen LogP contribution in [-0.4, -0.2) is 17.6 Å². The number of carbonyl (C=O) groups is 1. The highest BCUT2D eigenvalue weighted by Crippen LogP contribution is 2.23. The van der Waals surface area contributed by atoms with Crippen LogP contribution in [-0.2, 0) is 4.74 Å². The van der Waals surface area contributed by atoms with Crippen molar-refractivity contribution in [1.82, 2.24) is 4.98 Å². The summed E-state index contributed by atoms with van der Waals surface area (Å²) in [5.74, 6) is -0.366. The van der Waals surface area contributed by atoms with Crippen molar-refractivity contribution in [1.29, 1.82) is 0 Å². The molecular formula is C9H8BrNO3. The number of hydrogen-bond acceptors (Lipinski definition) is 3. The van der Waals surface area contributed by atoms with Gasteiger partial charge in [-0.15, -0.1) is 0 Å². The molecule has 2 heterocycles. The van der Waals surface area contributed by atoms with Crippen LogP contribution < -0.4 is 0 Å². The Balaban J connectivity index is 2.36. The van der Waals surface area contributed by atoms with Crippen LogP contribution in [0, 0.1) is 0 Å². The van der Waals surface area contributed by atoms with E-state index in [9.17, 15) is 4.79 Å². The molecule has 0 aliphatic rings. The van der Waals surface area contributed by atoms with Gasteiger partial charge in [0.15, 0.2) is 10.3 Å². The fraction of sp³-hybridized carbons (Fsp3) is 0.222. The molecule has 74 valence electrons. The number of rotatable bonds is 2. The number of furan rings is 1. The Morgan fingerprint density at radius 3 is 3.07 bits per heavy atom. The number of esters is 1. The van der Waals surface area contributed by atoms with Gasteiger partial charge in [-0.25, -0.2) is 4.79 Å². The summed E-state index contributed by atoms with van der Waals surface area (Å²) >= 11 is 3.19. The van der Waals surface area contributed by atoms with Crippen molar-refractivity contribution in [2.24, 2.45) is 0 Å². The second-order valence-electron chi connectivity index (χ2n) is 2.73. The summed E-state index contributed by atoms with van der Waals surface area (Å²) in [5.41, 5.74) is 1.83. The molecule has 2 rings (SSSR count). The van der Waals surface area contributed by atoms with Gasteiger partial charge in [0.1, 0.15) is 5.69 Å². The zero-order valence-corrected chi connectivity index (χ0v) is 9.05. The first-order valence-electron chi connectivity index (χ1n) is 4.16. The number of nitrogens with one attached hydrogen (secondary N) is 1. The minimum Gasteiger partial charge on any atom is -0.461 e. The Morgan fingerprint density at radius 2 is 2.43 bits per heavy atom. The maximum atomic E-state index is 11.3. The molecule has 1 N–H and O–H groups in total. The van der Waals surface area contributed by atoms with E-state index in [0.29, 0.717) is 22.6 Å². The van der Waals surface area contributed by atoms with E-state index >= 15 is 0 Å². The summed E-state index contributed by atoms with van der Waals surface area (Å²) in [6.45, 7) is 2.13. The van der Waals surface area contributed by atoms with Crippen molar-refractivity contribution in [2.75, 3.05) is 6.61 Å². The van der Waals surface area contributed by atoms with Gasteiger partial charge in [-0.3, -0.25) is 0 Å². The lowest BCUT2D eigenvalue weighted by atomic mass is 10.4. The molecule has 0 amide bonds. The number of H-pyrrole nitrogens is 1. The number of aromatic nitrogens is 1. The van der Waals surface area contributed by atoms with Gasteiger partial charge in [0.2, 0.25) is 0 Å². The summed E-state index contributed by atoms with van der Waals surface area (Å²) in [6, 6.07) is 3.39. The average Bonchev–Trinajstić information content (AvgIpc) is 2.61. The molecule has 0 unspecified atom stereocenters. The lowest BCUT2D eigenvalue weighted by Gasteiger charge is -1.96. The number of fused-ring (bicyclic) bond motifs is 1. The normalized spacial score (nSPS) is 10.7. The van der Waals surface area contributed by atoms with Crippen molar-refractivity contribution in [3.05, 3.63) is 22.5 Å². The van der Waals surface area contributed by atoms with Crippen molar-refractivity contribution in [3.63, 3.8) is 0 Å². The number of hydrogen-bond donors (Lipinski definition) is 1. The van der Waals surface area contributed by atoms with Crippen LogP contribution in [0.25, 0.3) is 11.1 Å². The lowest BCUT2D eigenvalue weighted by molar-refractivity contribution is 0.0520. The molecule has 5 heteroatoms. The van der Waals surface area contributed by atoms with E-state index in [2.05, 4.69) is 20.9 Å². The Hall–Kier alpha value is -1.23. The molecule has 0 saturated carbocycles. The number of aromatic amines is 1. The van der Waals surface area contributed by atoms with Crippen LogP contribution in [0.4, 0.5) is 0 Å². The van der Waals surface area contributed by atoms with Crippen molar-refractivity contribution in [3.8, 4) is 0 Å². The highest BCUT2D eigenvalue weighted by atomic mass is 79.9. The van der Waals surface area contributed by atoms with E-state index in [0.717, 1.165) is 5.52 Å². The standard InChI is InChI=1S/C9H8BrNO3/c1-2-13-9(12)6-3-7-5(11-6)4-8(10)14-7/h3-4,11H,2H2,1H3. The molecular weight excluding hydrogens is 250 g/mol. The molecule has 2 aromatic rings. The van der Waals surface area contributed by atoms with Crippen LogP contribution in [0.2, 0.25) is 0 Å². The Kier molecular flexibility index (Phi) is 2.33. The number of ether oxygens (including phenoxy) is 1. The summed E-state index contributed by atoms with van der Waals surface area (Å²) < 4.78 is 10.7. The van der Waals surface area contributed by atoms with Crippen LogP contribution in [0.15, 0.2) is 21.2 Å². The number of carbonyl (C=O) groups excluding carboxylic acids is 1. The first-order chi connectivity index (χ1) is 6.70. The summed E-state index contributed by atoms with van der Waals surface area (Å²) in [6.07, 6.45) is 0. The van der Waals surface area contributed by atoms with Gasteiger partial charge in [0, 0.05) is 12.1 Å². The largest absolute Gasteiger partial charge is 0.461 e. The van der Waals surface area contributed by atoms with Gasteiger partial charge in [-0.05, 0) is 22.9 Å². The molecule has 0 aliphatic carbocycles. The minimum absolute atomic E-state index is 0.364. The van der Waals surface area contributed by atoms with E-state index in [1.807, 2.05) is 0 Å². The van der Waals surface area contributed by atoms with E-state index in [-0.39, 0.29) is 5.97 Å². The predicted octanol–water partition coefficient (Wildman–Crippen LogP) is 2.70. The Bertz CT molecular complexity index is 440. The molecule has 0 atom stereocenters. The molecule has 0 aromatic carbocycles. The van der Waals surface area contributed by atoms with Crippen LogP contribution >= 0.6 is 15.9 Å². The third-order valence-corrected chi connectivity index (χ3v) is 2.16. The summed E-state index contributed by atoms with van der Waals surface area (Å²) in [4.78, 5) is 14.2. The van der Waals surface area contributed by atoms with Crippen LogP contribution in [0.5, 0.6) is 0 Å². The van der Waals surface area contributed by atoms with E-state index in [1.54, 1.807) is 19.1 Å². The third-order valence-electron chi connectivity index (χ3n) is 1.77. The second kappa shape index (κ2) is 3.49. The van der Waals surface area contributed by atoms with E-state index < -0.39 is 0 Å². The lowest BCUT2D eigenvalue weighted by Crippen LogP contribution is -2.04. The molecule has 0 radical (unpaired) electrons. The summed E-state index contributed by atoms with van der Waals surface area (Å²) in [7, 11) is 0. The van der Waals surface area contributed by atoms with E-state index in [4.69, 9.17) is 9.15 Å². The number of halogens is 1. The monoisotopic (exact) mass is 257 g/mol. The molecule has 0 aliphatic heterocycles. The topological polar surface area (TPSA) is 55.2 Å². The zero-order valence-electron chi connectivity index (χ0n) is 7.46. The summed E-state index contributed by atoms with van der Waals surface area (Å²) in [5, 5.41) is 0. The smallest absolute Gasteiger partial charge is 0.354 e. The quantitative estimate of drug-likeness (QED) is 0.842. The van der Waals surface area contributed by atoms with Gasteiger partial charge >= 0.3 is 5.97 Å². The Labute approximate surface area is 88.4 Å². The van der Waals surface area contributed by atoms with Crippen molar-refractivity contribution in [2.45, 2.75) is 6.92 Å². The third kappa shape index (κ3) is 1.55. The zero-order chi connectivity index (χ0) is 10.1. The van der Waals surface area contributed by atoms with Crippen molar-refractivity contribution >= 4 is 33.0 Å². The molecule has 0 bridgehead atoms. The molecule has 0 spiro atoms. The minimum atomic E-state index is -0.366. The maximum Gasteiger partial charge on any atom is 0.354 e. The highest BCUT2D eigenvalue weighted by molar-refractivity contribution is 9.10. The predicted molar refractivity (Wildman–Crippen MR) is 54.2 cm³/mol. The molecule has 4 nitrogen and oxygen atoms in total. The van der Waals surface area contributed by atoms with Gasteiger partial charge in [0.25, 0.3) is 0 Å². The van der Waals surface area contributed by atoms with E-state index in [1.165, 1.54) is 0 Å². The SMILES string of the molecule is CCOC(=O)c1cc2oc(Br)cc2[nH]1. The van der Waals surface area contributed by atoms with Gasteiger partial charge in [0.05, 0.1) is 12.1 Å². The molecule has 0 saturated heterocycles.